The van der Waals surface area contributed by atoms with Crippen LogP contribution in [0.3, 0.4) is 0 Å². The van der Waals surface area contributed by atoms with Gasteiger partial charge in [-0.05, 0) is 59.1 Å². The Hall–Kier alpha value is -2.32. The zero-order chi connectivity index (χ0) is 19.4. The highest BCUT2D eigenvalue weighted by Crippen LogP contribution is 2.33. The zero-order valence-corrected chi connectivity index (χ0v) is 17.6. The summed E-state index contributed by atoms with van der Waals surface area (Å²) in [5.41, 5.74) is 2.07. The number of thiophene rings is 1. The van der Waals surface area contributed by atoms with Crippen molar-refractivity contribution in [1.29, 1.82) is 0 Å². The van der Waals surface area contributed by atoms with Crippen molar-refractivity contribution >= 4 is 33.2 Å². The first-order valence-corrected chi connectivity index (χ1v) is 9.85. The molecular weight excluding hydrogens is 432 g/mol. The highest BCUT2D eigenvalue weighted by Gasteiger charge is 2.22. The minimum atomic E-state index is -0.200. The number of nitrogens with zero attached hydrogens (tertiary/aromatic N) is 1. The van der Waals surface area contributed by atoms with E-state index < -0.39 is 0 Å². The number of ether oxygens (including phenoxy) is 2. The van der Waals surface area contributed by atoms with Crippen LogP contribution in [0.1, 0.15) is 21.7 Å². The van der Waals surface area contributed by atoms with Gasteiger partial charge in [0.15, 0.2) is 11.5 Å². The minimum absolute atomic E-state index is 0.200. The van der Waals surface area contributed by atoms with Crippen LogP contribution in [-0.2, 0) is 6.42 Å². The monoisotopic (exact) mass is 450 g/mol. The molecule has 27 heavy (non-hydrogen) atoms. The SMILES string of the molecule is COc1ccc(CCNC(=O)c2c(-c3ccc(Br)s3)noc2C)cc1OC. The molecule has 0 bridgehead atoms. The number of amides is 1. The summed E-state index contributed by atoms with van der Waals surface area (Å²) < 4.78 is 16.8. The summed E-state index contributed by atoms with van der Waals surface area (Å²) >= 11 is 4.93. The summed E-state index contributed by atoms with van der Waals surface area (Å²) in [7, 11) is 3.20. The Morgan fingerprint density at radius 2 is 2.00 bits per heavy atom. The third-order valence-electron chi connectivity index (χ3n) is 4.04. The molecule has 0 saturated carbocycles. The van der Waals surface area contributed by atoms with E-state index in [0.717, 1.165) is 14.2 Å². The highest BCUT2D eigenvalue weighted by molar-refractivity contribution is 9.11. The van der Waals surface area contributed by atoms with Crippen molar-refractivity contribution in [3.8, 4) is 22.1 Å². The average Bonchev–Trinajstić information content (AvgIpc) is 3.26. The van der Waals surface area contributed by atoms with Gasteiger partial charge in [0.2, 0.25) is 0 Å². The van der Waals surface area contributed by atoms with E-state index in [9.17, 15) is 4.79 Å². The Labute approximate surface area is 169 Å². The molecule has 2 aromatic heterocycles. The van der Waals surface area contributed by atoms with Crippen LogP contribution in [0.4, 0.5) is 0 Å². The Bertz CT molecular complexity index is 951. The molecule has 1 N–H and O–H groups in total. The predicted octanol–water partition coefficient (Wildman–Crippen LogP) is 4.46. The number of rotatable bonds is 7. The third-order valence-corrected chi connectivity index (χ3v) is 5.67. The maximum atomic E-state index is 12.7. The van der Waals surface area contributed by atoms with Crippen molar-refractivity contribution in [3.63, 3.8) is 0 Å². The first kappa shape index (κ1) is 19.4. The van der Waals surface area contributed by atoms with E-state index in [0.29, 0.717) is 41.5 Å². The summed E-state index contributed by atoms with van der Waals surface area (Å²) in [5.74, 6) is 1.64. The number of hydrogen-bond donors (Lipinski definition) is 1. The van der Waals surface area contributed by atoms with Crippen LogP contribution in [0, 0.1) is 6.92 Å². The first-order valence-electron chi connectivity index (χ1n) is 8.24. The van der Waals surface area contributed by atoms with Crippen molar-refractivity contribution in [2.24, 2.45) is 0 Å². The maximum absolute atomic E-state index is 12.7. The first-order chi connectivity index (χ1) is 13.0. The van der Waals surface area contributed by atoms with Crippen LogP contribution in [0.15, 0.2) is 38.6 Å². The number of carbonyl (C=O) groups excluding carboxylic acids is 1. The van der Waals surface area contributed by atoms with Crippen molar-refractivity contribution < 1.29 is 18.8 Å². The van der Waals surface area contributed by atoms with Crippen molar-refractivity contribution in [2.75, 3.05) is 20.8 Å². The predicted molar refractivity (Wildman–Crippen MR) is 108 cm³/mol. The second-order valence-corrected chi connectivity index (χ2v) is 8.22. The van der Waals surface area contributed by atoms with Crippen molar-refractivity contribution in [3.05, 3.63) is 51.0 Å². The number of carbonyl (C=O) groups is 1. The Balaban J connectivity index is 1.68. The molecule has 0 fully saturated rings. The molecule has 3 rings (SSSR count). The molecule has 0 spiro atoms. The van der Waals surface area contributed by atoms with Gasteiger partial charge in [0.05, 0.1) is 22.9 Å². The van der Waals surface area contributed by atoms with Crippen LogP contribution in [0.25, 0.3) is 10.6 Å². The third kappa shape index (κ3) is 4.33. The Morgan fingerprint density at radius 1 is 1.22 bits per heavy atom. The quantitative estimate of drug-likeness (QED) is 0.574. The van der Waals surface area contributed by atoms with Gasteiger partial charge in [0.25, 0.3) is 5.91 Å². The number of aromatic nitrogens is 1. The lowest BCUT2D eigenvalue weighted by molar-refractivity contribution is 0.0953. The molecule has 0 atom stereocenters. The summed E-state index contributed by atoms with van der Waals surface area (Å²) in [6, 6.07) is 9.54. The van der Waals surface area contributed by atoms with Gasteiger partial charge in [-0.25, -0.2) is 0 Å². The van der Waals surface area contributed by atoms with Gasteiger partial charge in [0.1, 0.15) is 17.0 Å². The summed E-state index contributed by atoms with van der Waals surface area (Å²) in [5, 5.41) is 6.99. The van der Waals surface area contributed by atoms with Gasteiger partial charge in [0, 0.05) is 6.54 Å². The lowest BCUT2D eigenvalue weighted by atomic mass is 10.1. The molecule has 8 heteroatoms. The van der Waals surface area contributed by atoms with Gasteiger partial charge in [-0.15, -0.1) is 11.3 Å². The molecule has 6 nitrogen and oxygen atoms in total. The molecule has 3 aromatic rings. The smallest absolute Gasteiger partial charge is 0.257 e. The van der Waals surface area contributed by atoms with E-state index in [-0.39, 0.29) is 5.91 Å². The summed E-state index contributed by atoms with van der Waals surface area (Å²) in [6.07, 6.45) is 0.663. The van der Waals surface area contributed by atoms with Crippen LogP contribution in [-0.4, -0.2) is 31.8 Å². The molecular formula is C19H19BrN2O4S. The molecule has 0 aliphatic heterocycles. The number of nitrogens with one attached hydrogen (secondary N) is 1. The van der Waals surface area contributed by atoms with Crippen LogP contribution >= 0.6 is 27.3 Å². The fraction of sp³-hybridized carbons (Fsp3) is 0.263. The van der Waals surface area contributed by atoms with Crippen LogP contribution in [0.5, 0.6) is 11.5 Å². The molecule has 0 radical (unpaired) electrons. The molecule has 0 saturated heterocycles. The van der Waals surface area contributed by atoms with E-state index in [2.05, 4.69) is 26.4 Å². The topological polar surface area (TPSA) is 73.6 Å². The van der Waals surface area contributed by atoms with Crippen LogP contribution < -0.4 is 14.8 Å². The molecule has 0 unspecified atom stereocenters. The van der Waals surface area contributed by atoms with Gasteiger partial charge in [-0.2, -0.15) is 0 Å². The summed E-state index contributed by atoms with van der Waals surface area (Å²) in [6.45, 7) is 2.22. The highest BCUT2D eigenvalue weighted by atomic mass is 79.9. The maximum Gasteiger partial charge on any atom is 0.257 e. The van der Waals surface area contributed by atoms with E-state index >= 15 is 0 Å². The van der Waals surface area contributed by atoms with Gasteiger partial charge >= 0.3 is 0 Å². The van der Waals surface area contributed by atoms with E-state index in [4.69, 9.17) is 14.0 Å². The van der Waals surface area contributed by atoms with Gasteiger partial charge in [-0.1, -0.05) is 11.2 Å². The second-order valence-electron chi connectivity index (χ2n) is 5.76. The molecule has 1 amide bonds. The number of halogens is 1. The molecule has 1 aromatic carbocycles. The standard InChI is InChI=1S/C19H19BrN2O4S/c1-11-17(18(22-26-11)15-6-7-16(20)27-15)19(23)21-9-8-12-4-5-13(24-2)14(10-12)25-3/h4-7,10H,8-9H2,1-3H3,(H,21,23). The average molecular weight is 451 g/mol. The van der Waals surface area contributed by atoms with Crippen molar-refractivity contribution in [1.82, 2.24) is 10.5 Å². The fourth-order valence-corrected chi connectivity index (χ4v) is 4.07. The Morgan fingerprint density at radius 3 is 2.67 bits per heavy atom. The van der Waals surface area contributed by atoms with E-state index in [1.807, 2.05) is 30.3 Å². The lowest BCUT2D eigenvalue weighted by Gasteiger charge is -2.10. The van der Waals surface area contributed by atoms with Gasteiger partial charge < -0.3 is 19.3 Å². The zero-order valence-electron chi connectivity index (χ0n) is 15.2. The lowest BCUT2D eigenvalue weighted by Crippen LogP contribution is -2.26. The van der Waals surface area contributed by atoms with E-state index in [1.165, 1.54) is 11.3 Å². The number of benzene rings is 1. The Kier molecular flexibility index (Phi) is 6.18. The molecule has 0 aliphatic carbocycles. The largest absolute Gasteiger partial charge is 0.493 e. The minimum Gasteiger partial charge on any atom is -0.493 e. The number of methoxy groups -OCH3 is 2. The van der Waals surface area contributed by atoms with Gasteiger partial charge in [-0.3, -0.25) is 4.79 Å². The van der Waals surface area contributed by atoms with Crippen molar-refractivity contribution in [2.45, 2.75) is 13.3 Å². The number of hydrogen-bond acceptors (Lipinski definition) is 6. The number of aryl methyl sites for hydroxylation is 1. The normalized spacial score (nSPS) is 10.7. The molecule has 2 heterocycles. The fourth-order valence-electron chi connectivity index (χ4n) is 2.69. The van der Waals surface area contributed by atoms with Crippen LogP contribution in [0.2, 0.25) is 0 Å². The van der Waals surface area contributed by atoms with E-state index in [1.54, 1.807) is 21.1 Å². The summed E-state index contributed by atoms with van der Waals surface area (Å²) in [4.78, 5) is 13.6. The molecule has 142 valence electrons. The molecule has 0 aliphatic rings. The second kappa shape index (κ2) is 8.58.